The number of ether oxygens (including phenoxy) is 2. The Morgan fingerprint density at radius 1 is 1.43 bits per heavy atom. The summed E-state index contributed by atoms with van der Waals surface area (Å²) in [5.41, 5.74) is 0. The van der Waals surface area contributed by atoms with Gasteiger partial charge < -0.3 is 19.7 Å². The number of hydrogen-bond donors (Lipinski definition) is 2. The van der Waals surface area contributed by atoms with E-state index < -0.39 is 18.5 Å². The summed E-state index contributed by atoms with van der Waals surface area (Å²) in [6, 6.07) is 0. The molecule has 1 aliphatic heterocycles. The van der Waals surface area contributed by atoms with E-state index in [0.717, 1.165) is 12.8 Å². The molecule has 2 N–H and O–H groups in total. The van der Waals surface area contributed by atoms with Gasteiger partial charge in [0.05, 0.1) is 13.2 Å². The first-order chi connectivity index (χ1) is 6.77. The highest BCUT2D eigenvalue weighted by Crippen LogP contribution is 2.13. The SMILES string of the molecule is CCCCO[C@@H]1C=C[C@H](O)[C@@H](CO)O1. The van der Waals surface area contributed by atoms with Crippen LogP contribution < -0.4 is 0 Å². The second-order valence-electron chi connectivity index (χ2n) is 3.33. The maximum absolute atomic E-state index is 9.33. The van der Waals surface area contributed by atoms with Gasteiger partial charge in [0.25, 0.3) is 0 Å². The molecule has 0 radical (unpaired) electrons. The Morgan fingerprint density at radius 3 is 2.86 bits per heavy atom. The topological polar surface area (TPSA) is 58.9 Å². The molecule has 0 saturated heterocycles. The third-order valence-electron chi connectivity index (χ3n) is 2.12. The average molecular weight is 202 g/mol. The third-order valence-corrected chi connectivity index (χ3v) is 2.12. The lowest BCUT2D eigenvalue weighted by atomic mass is 10.1. The van der Waals surface area contributed by atoms with Crippen molar-refractivity contribution < 1.29 is 19.7 Å². The number of rotatable bonds is 5. The van der Waals surface area contributed by atoms with E-state index >= 15 is 0 Å². The molecule has 0 aromatic carbocycles. The van der Waals surface area contributed by atoms with E-state index in [0.29, 0.717) is 6.61 Å². The fraction of sp³-hybridized carbons (Fsp3) is 0.800. The second-order valence-corrected chi connectivity index (χ2v) is 3.33. The molecule has 0 bridgehead atoms. The molecule has 1 heterocycles. The zero-order valence-corrected chi connectivity index (χ0v) is 8.43. The molecule has 3 atom stereocenters. The normalized spacial score (nSPS) is 32.1. The molecular weight excluding hydrogens is 184 g/mol. The Labute approximate surface area is 84.1 Å². The van der Waals surface area contributed by atoms with Crippen LogP contribution in [0, 0.1) is 0 Å². The molecule has 0 saturated carbocycles. The highest BCUT2D eigenvalue weighted by atomic mass is 16.7. The highest BCUT2D eigenvalue weighted by molar-refractivity contribution is 4.99. The fourth-order valence-electron chi connectivity index (χ4n) is 1.22. The lowest BCUT2D eigenvalue weighted by molar-refractivity contribution is -0.180. The van der Waals surface area contributed by atoms with E-state index in [2.05, 4.69) is 6.92 Å². The van der Waals surface area contributed by atoms with Crippen molar-refractivity contribution >= 4 is 0 Å². The Hall–Kier alpha value is -0.420. The van der Waals surface area contributed by atoms with Crippen LogP contribution >= 0.6 is 0 Å². The van der Waals surface area contributed by atoms with Crippen LogP contribution in [0.15, 0.2) is 12.2 Å². The zero-order valence-electron chi connectivity index (χ0n) is 8.43. The monoisotopic (exact) mass is 202 g/mol. The van der Waals surface area contributed by atoms with Crippen LogP contribution in [0.5, 0.6) is 0 Å². The molecule has 0 fully saturated rings. The van der Waals surface area contributed by atoms with Crippen molar-refractivity contribution in [2.75, 3.05) is 13.2 Å². The van der Waals surface area contributed by atoms with Crippen LogP contribution in [0.1, 0.15) is 19.8 Å². The maximum atomic E-state index is 9.33. The first-order valence-corrected chi connectivity index (χ1v) is 5.02. The van der Waals surface area contributed by atoms with Crippen molar-refractivity contribution in [3.63, 3.8) is 0 Å². The van der Waals surface area contributed by atoms with E-state index in [9.17, 15) is 5.11 Å². The smallest absolute Gasteiger partial charge is 0.177 e. The summed E-state index contributed by atoms with van der Waals surface area (Å²) in [6.07, 6.45) is 3.61. The summed E-state index contributed by atoms with van der Waals surface area (Å²) >= 11 is 0. The van der Waals surface area contributed by atoms with Gasteiger partial charge in [-0.25, -0.2) is 0 Å². The molecule has 0 aliphatic carbocycles. The summed E-state index contributed by atoms with van der Waals surface area (Å²) < 4.78 is 10.7. The quantitative estimate of drug-likeness (QED) is 0.501. The minimum Gasteiger partial charge on any atom is -0.394 e. The fourth-order valence-corrected chi connectivity index (χ4v) is 1.22. The van der Waals surface area contributed by atoms with Crippen LogP contribution in [0.3, 0.4) is 0 Å². The van der Waals surface area contributed by atoms with Crippen molar-refractivity contribution in [3.8, 4) is 0 Å². The first kappa shape index (κ1) is 11.7. The predicted molar refractivity (Wildman–Crippen MR) is 51.8 cm³/mol. The Bertz CT molecular complexity index is 181. The Morgan fingerprint density at radius 2 is 2.21 bits per heavy atom. The van der Waals surface area contributed by atoms with Crippen molar-refractivity contribution in [1.82, 2.24) is 0 Å². The number of hydrogen-bond acceptors (Lipinski definition) is 4. The summed E-state index contributed by atoms with van der Waals surface area (Å²) in [5.74, 6) is 0. The van der Waals surface area contributed by atoms with Gasteiger partial charge in [-0.2, -0.15) is 0 Å². The van der Waals surface area contributed by atoms with E-state index in [1.54, 1.807) is 12.2 Å². The molecule has 1 aliphatic rings. The van der Waals surface area contributed by atoms with Crippen LogP contribution in [0.25, 0.3) is 0 Å². The van der Waals surface area contributed by atoms with Gasteiger partial charge in [-0.3, -0.25) is 0 Å². The van der Waals surface area contributed by atoms with Crippen molar-refractivity contribution in [2.24, 2.45) is 0 Å². The number of aliphatic hydroxyl groups excluding tert-OH is 2. The molecule has 1 rings (SSSR count). The summed E-state index contributed by atoms with van der Waals surface area (Å²) in [5, 5.41) is 18.2. The van der Waals surface area contributed by atoms with Gasteiger partial charge in [-0.1, -0.05) is 19.4 Å². The van der Waals surface area contributed by atoms with Gasteiger partial charge in [-0.15, -0.1) is 0 Å². The predicted octanol–water partition coefficient (Wildman–Crippen LogP) is 0.437. The standard InChI is InChI=1S/C10H18O4/c1-2-3-6-13-10-5-4-8(12)9(7-11)14-10/h4-5,8-12H,2-3,6-7H2,1H3/t8-,9+,10-/m0/s1. The van der Waals surface area contributed by atoms with Gasteiger partial charge in [0.2, 0.25) is 0 Å². The van der Waals surface area contributed by atoms with Crippen LogP contribution in [0.4, 0.5) is 0 Å². The molecular formula is C10H18O4. The van der Waals surface area contributed by atoms with E-state index in [4.69, 9.17) is 14.6 Å². The number of unbranched alkanes of at least 4 members (excludes halogenated alkanes) is 1. The molecule has 0 aromatic heterocycles. The van der Waals surface area contributed by atoms with Crippen molar-refractivity contribution in [3.05, 3.63) is 12.2 Å². The molecule has 0 aromatic rings. The third kappa shape index (κ3) is 3.38. The van der Waals surface area contributed by atoms with Gasteiger partial charge >= 0.3 is 0 Å². The molecule has 0 spiro atoms. The van der Waals surface area contributed by atoms with Gasteiger partial charge in [-0.05, 0) is 12.5 Å². The van der Waals surface area contributed by atoms with Gasteiger partial charge in [0.1, 0.15) is 12.2 Å². The highest BCUT2D eigenvalue weighted by Gasteiger charge is 2.24. The van der Waals surface area contributed by atoms with Crippen LogP contribution in [-0.4, -0.2) is 41.9 Å². The van der Waals surface area contributed by atoms with Crippen LogP contribution in [-0.2, 0) is 9.47 Å². The molecule has 0 amide bonds. The zero-order chi connectivity index (χ0) is 10.4. The number of aliphatic hydroxyl groups is 2. The molecule has 14 heavy (non-hydrogen) atoms. The van der Waals surface area contributed by atoms with Gasteiger partial charge in [0.15, 0.2) is 6.29 Å². The minimum absolute atomic E-state index is 0.195. The maximum Gasteiger partial charge on any atom is 0.177 e. The van der Waals surface area contributed by atoms with Crippen molar-refractivity contribution in [1.29, 1.82) is 0 Å². The minimum atomic E-state index is -0.731. The van der Waals surface area contributed by atoms with E-state index in [1.807, 2.05) is 0 Å². The molecule has 4 heteroatoms. The van der Waals surface area contributed by atoms with Crippen LogP contribution in [0.2, 0.25) is 0 Å². The Balaban J connectivity index is 2.30. The second kappa shape index (κ2) is 6.14. The lowest BCUT2D eigenvalue weighted by Gasteiger charge is -2.28. The van der Waals surface area contributed by atoms with Crippen molar-refractivity contribution in [2.45, 2.75) is 38.3 Å². The molecule has 4 nitrogen and oxygen atoms in total. The van der Waals surface area contributed by atoms with Gasteiger partial charge in [0, 0.05) is 0 Å². The van der Waals surface area contributed by atoms with E-state index in [-0.39, 0.29) is 6.61 Å². The largest absolute Gasteiger partial charge is 0.394 e. The first-order valence-electron chi connectivity index (χ1n) is 5.02. The summed E-state index contributed by atoms with van der Waals surface area (Å²) in [4.78, 5) is 0. The molecule has 82 valence electrons. The Kier molecular flexibility index (Phi) is 5.11. The average Bonchev–Trinajstić information content (AvgIpc) is 2.21. The lowest BCUT2D eigenvalue weighted by Crippen LogP contribution is -2.38. The summed E-state index contributed by atoms with van der Waals surface area (Å²) in [7, 11) is 0. The van der Waals surface area contributed by atoms with E-state index in [1.165, 1.54) is 0 Å². The molecule has 0 unspecified atom stereocenters. The summed E-state index contributed by atoms with van der Waals surface area (Å²) in [6.45, 7) is 2.53.